The van der Waals surface area contributed by atoms with Crippen LogP contribution in [0.2, 0.25) is 0 Å². The summed E-state index contributed by atoms with van der Waals surface area (Å²) in [7, 11) is 1.71. The third kappa shape index (κ3) is 20.7. The van der Waals surface area contributed by atoms with Crippen molar-refractivity contribution < 1.29 is 77.3 Å². The number of carbonyl (C=O) groups is 14. The lowest BCUT2D eigenvalue weighted by molar-refractivity contribution is -0.144. The topological polar surface area (TPSA) is 512 Å². The van der Waals surface area contributed by atoms with E-state index in [2.05, 4.69) is 52.5 Å². The SMILES string of the molecule is CC(C)[C@@H]1NC(=O)[C@@H](CCC(N)=O)NC(=O)[C@H](Cc2cnc[nH]2)NC(=O)[C@@H](Cc2ccc3ccccc3c2)NC(=O)[C@H](CCC(=O)O)NC(=O)[C@@H](CC(N)=O)NC(=O)[C@@H](N)CSSC[C@@H](C(=O)N[C@@H](CC(N)=O)C(=O)O)NC(=O)[C@H]2CCCN2C1=O. The minimum atomic E-state index is -1.84. The Kier molecular flexibility index (Phi) is 25.6. The number of nitrogens with two attached hydrogens (primary N) is 4. The largest absolute Gasteiger partial charge is 0.481 e. The van der Waals surface area contributed by atoms with Gasteiger partial charge in [0.2, 0.25) is 70.9 Å². The molecule has 2 aliphatic heterocycles. The monoisotopic (exact) mass is 1240 g/mol. The van der Waals surface area contributed by atoms with Gasteiger partial charge in [0.15, 0.2) is 0 Å². The smallest absolute Gasteiger partial charge is 0.326 e. The third-order valence-electron chi connectivity index (χ3n) is 13.8. The van der Waals surface area contributed by atoms with Crippen molar-refractivity contribution in [3.63, 3.8) is 0 Å². The van der Waals surface area contributed by atoms with Crippen molar-refractivity contribution >= 4 is 115 Å². The van der Waals surface area contributed by atoms with Crippen molar-refractivity contribution in [3.05, 3.63) is 66.2 Å². The Hall–Kier alpha value is -8.85. The highest BCUT2D eigenvalue weighted by Crippen LogP contribution is 2.25. The second kappa shape index (κ2) is 32.4. The molecule has 0 bridgehead atoms. The van der Waals surface area contributed by atoms with Gasteiger partial charge in [-0.15, -0.1) is 0 Å². The molecule has 0 aliphatic carbocycles. The number of benzene rings is 2. The second-order valence-electron chi connectivity index (χ2n) is 20.8. The Morgan fingerprint density at radius 2 is 1.26 bits per heavy atom. The molecular formula is C53H71N15O16S2. The van der Waals surface area contributed by atoms with E-state index in [1.807, 2.05) is 6.07 Å². The van der Waals surface area contributed by atoms with Crippen molar-refractivity contribution in [2.24, 2.45) is 28.9 Å². The summed E-state index contributed by atoms with van der Waals surface area (Å²) in [6.45, 7) is 3.13. The number of nitrogens with one attached hydrogen (secondary N) is 9. The molecule has 0 saturated carbocycles. The summed E-state index contributed by atoms with van der Waals surface area (Å²) in [6, 6.07) is -3.82. The predicted molar refractivity (Wildman–Crippen MR) is 308 cm³/mol. The van der Waals surface area contributed by atoms with Crippen molar-refractivity contribution in [3.8, 4) is 0 Å². The molecule has 0 spiro atoms. The zero-order chi connectivity index (χ0) is 63.4. The molecule has 1 aromatic heterocycles. The lowest BCUT2D eigenvalue weighted by Crippen LogP contribution is -2.61. The average molecular weight is 1240 g/mol. The molecule has 19 N–H and O–H groups in total. The van der Waals surface area contributed by atoms with Gasteiger partial charge >= 0.3 is 11.9 Å². The summed E-state index contributed by atoms with van der Waals surface area (Å²) < 4.78 is 0. The third-order valence-corrected chi connectivity index (χ3v) is 16.2. The Morgan fingerprint density at radius 1 is 0.674 bits per heavy atom. The summed E-state index contributed by atoms with van der Waals surface area (Å²) >= 11 is 0. The molecule has 2 saturated heterocycles. The number of carbonyl (C=O) groups excluding carboxylic acids is 12. The number of hydrogen-bond acceptors (Lipinski definition) is 18. The van der Waals surface area contributed by atoms with Crippen LogP contribution < -0.4 is 65.5 Å². The van der Waals surface area contributed by atoms with Crippen LogP contribution >= 0.6 is 21.6 Å². The Labute approximate surface area is 499 Å². The number of carboxylic acids is 2. The minimum absolute atomic E-state index is 0.0266. The fourth-order valence-electron chi connectivity index (χ4n) is 9.19. The standard InChI is InChI=1S/C53H71N15O16S2/c1-25(2)43-52(82)68-15-5-8-38(68)51(81)66-37(50(80)65-36(53(83)84)20-41(57)71)23-86-85-22-30(54)44(74)62-35(19-40(56)70)49(79)61-32(12-14-42(72)73)45(75)63-33(17-26-9-10-27-6-3-4-7-28(27)16-26)47(77)64-34(18-29-21-58-24-59-29)48(78)60-31(46(76)67-43)11-13-39(55)69/h3-4,6-7,9-10,16,21,24-25,30-38,43H,5,8,11-15,17-20,22-23,54H2,1-2H3,(H2,55,69)(H2,56,70)(H2,57,71)(H,58,59)(H,60,78)(H,61,79)(H,62,74)(H,63,75)(H,64,77)(H,65,80)(H,66,81)(H,67,76)(H,72,73)(H,83,84)/t30-,31+,32-,33+,34-,35+,36-,37-,38+,43-/m0/s1. The number of aromatic nitrogens is 2. The molecule has 2 aliphatic rings. The number of imidazole rings is 1. The van der Waals surface area contributed by atoms with Gasteiger partial charge in [-0.05, 0) is 47.9 Å². The quantitative estimate of drug-likeness (QED) is 0.0534. The maximum atomic E-state index is 14.8. The van der Waals surface area contributed by atoms with Crippen LogP contribution in [0.3, 0.4) is 0 Å². The van der Waals surface area contributed by atoms with E-state index in [9.17, 15) is 77.3 Å². The number of amides is 12. The molecule has 0 radical (unpaired) electrons. The molecule has 2 aromatic carbocycles. The number of aromatic amines is 1. The molecule has 5 rings (SSSR count). The lowest BCUT2D eigenvalue weighted by atomic mass is 9.99. The second-order valence-corrected chi connectivity index (χ2v) is 23.4. The molecule has 0 unspecified atom stereocenters. The minimum Gasteiger partial charge on any atom is -0.481 e. The molecule has 2 fully saturated rings. The molecule has 466 valence electrons. The van der Waals surface area contributed by atoms with E-state index in [-0.39, 0.29) is 49.4 Å². The number of hydrogen-bond donors (Lipinski definition) is 15. The number of primary amides is 3. The van der Waals surface area contributed by atoms with Crippen LogP contribution in [-0.2, 0) is 80.0 Å². The predicted octanol–water partition coefficient (Wildman–Crippen LogP) is -4.44. The van der Waals surface area contributed by atoms with Gasteiger partial charge in [0.1, 0.15) is 54.4 Å². The van der Waals surface area contributed by atoms with Gasteiger partial charge in [-0.3, -0.25) is 62.3 Å². The molecule has 31 nitrogen and oxygen atoms in total. The van der Waals surface area contributed by atoms with Crippen molar-refractivity contribution in [2.45, 2.75) is 138 Å². The Morgan fingerprint density at radius 3 is 1.85 bits per heavy atom. The molecule has 3 aromatic rings. The number of fused-ring (bicyclic) bond motifs is 2. The number of nitrogens with zero attached hydrogens (tertiary/aromatic N) is 2. The van der Waals surface area contributed by atoms with Crippen LogP contribution in [-0.4, -0.2) is 186 Å². The van der Waals surface area contributed by atoms with E-state index in [1.165, 1.54) is 17.4 Å². The Balaban J connectivity index is 1.59. The molecular weight excluding hydrogens is 1170 g/mol. The van der Waals surface area contributed by atoms with Crippen LogP contribution in [0.5, 0.6) is 0 Å². The fraction of sp³-hybridized carbons (Fsp3) is 0.491. The first kappa shape index (κ1) is 67.9. The summed E-state index contributed by atoms with van der Waals surface area (Å²) in [5, 5.41) is 40.7. The number of rotatable bonds is 18. The average Bonchev–Trinajstić information content (AvgIpc) is 3.09. The summed E-state index contributed by atoms with van der Waals surface area (Å²) in [5.41, 5.74) is 23.2. The van der Waals surface area contributed by atoms with E-state index in [1.54, 1.807) is 50.2 Å². The van der Waals surface area contributed by atoms with E-state index in [4.69, 9.17) is 22.9 Å². The van der Waals surface area contributed by atoms with Gasteiger partial charge in [0.25, 0.3) is 0 Å². The molecule has 33 heteroatoms. The van der Waals surface area contributed by atoms with E-state index in [0.717, 1.165) is 32.4 Å². The van der Waals surface area contributed by atoms with Crippen LogP contribution in [0.4, 0.5) is 0 Å². The van der Waals surface area contributed by atoms with E-state index < -0.39 is 188 Å². The van der Waals surface area contributed by atoms with Gasteiger partial charge in [-0.25, -0.2) is 9.78 Å². The fourth-order valence-corrected chi connectivity index (χ4v) is 11.5. The number of H-pyrrole nitrogens is 1. The zero-order valence-corrected chi connectivity index (χ0v) is 48.5. The van der Waals surface area contributed by atoms with Crippen molar-refractivity contribution in [2.75, 3.05) is 18.1 Å². The summed E-state index contributed by atoms with van der Waals surface area (Å²) in [4.78, 5) is 197. The lowest BCUT2D eigenvalue weighted by Gasteiger charge is -2.32. The summed E-state index contributed by atoms with van der Waals surface area (Å²) in [6.07, 6.45) is -1.71. The van der Waals surface area contributed by atoms with Gasteiger partial charge < -0.3 is 85.6 Å². The van der Waals surface area contributed by atoms with Gasteiger partial charge in [0.05, 0.1) is 25.2 Å². The van der Waals surface area contributed by atoms with E-state index in [0.29, 0.717) is 5.56 Å². The maximum absolute atomic E-state index is 14.8. The first-order chi connectivity index (χ1) is 40.7. The normalized spacial score (nSPS) is 24.1. The highest BCUT2D eigenvalue weighted by Gasteiger charge is 2.42. The summed E-state index contributed by atoms with van der Waals surface area (Å²) in [5.74, 6) is -16.7. The van der Waals surface area contributed by atoms with Gasteiger partial charge in [0, 0.05) is 55.6 Å². The van der Waals surface area contributed by atoms with Crippen LogP contribution in [0, 0.1) is 5.92 Å². The number of carboxylic acid groups (broad SMARTS) is 2. The highest BCUT2D eigenvalue weighted by molar-refractivity contribution is 8.76. The first-order valence-electron chi connectivity index (χ1n) is 27.2. The van der Waals surface area contributed by atoms with Crippen LogP contribution in [0.25, 0.3) is 10.8 Å². The number of aliphatic carboxylic acids is 2. The van der Waals surface area contributed by atoms with Crippen LogP contribution in [0.1, 0.15) is 76.5 Å². The Bertz CT molecular complexity index is 3020. The maximum Gasteiger partial charge on any atom is 0.326 e. The van der Waals surface area contributed by atoms with Gasteiger partial charge in [-0.1, -0.05) is 77.9 Å². The molecule has 86 heavy (non-hydrogen) atoms. The van der Waals surface area contributed by atoms with Crippen molar-refractivity contribution in [1.29, 1.82) is 0 Å². The zero-order valence-electron chi connectivity index (χ0n) is 46.9. The van der Waals surface area contributed by atoms with Crippen LogP contribution in [0.15, 0.2) is 55.0 Å². The molecule has 10 atom stereocenters. The molecule has 12 amide bonds. The highest BCUT2D eigenvalue weighted by atomic mass is 33.1. The molecule has 3 heterocycles. The van der Waals surface area contributed by atoms with Crippen molar-refractivity contribution in [1.82, 2.24) is 57.4 Å². The van der Waals surface area contributed by atoms with E-state index >= 15 is 0 Å². The first-order valence-corrected chi connectivity index (χ1v) is 29.7. The van der Waals surface area contributed by atoms with Gasteiger partial charge in [-0.2, -0.15) is 0 Å².